The summed E-state index contributed by atoms with van der Waals surface area (Å²) in [6.07, 6.45) is 1.35. The Morgan fingerprint density at radius 1 is 1.39 bits per heavy atom. The van der Waals surface area contributed by atoms with Gasteiger partial charge in [0.05, 0.1) is 30.1 Å². The minimum atomic E-state index is -0.417. The number of aliphatic hydroxyl groups is 1. The van der Waals surface area contributed by atoms with Gasteiger partial charge in [0.25, 0.3) is 5.56 Å². The van der Waals surface area contributed by atoms with Gasteiger partial charge in [0.1, 0.15) is 16.5 Å². The van der Waals surface area contributed by atoms with Crippen LogP contribution in [0.15, 0.2) is 41.5 Å². The van der Waals surface area contributed by atoms with Gasteiger partial charge in [0.2, 0.25) is 0 Å². The summed E-state index contributed by atoms with van der Waals surface area (Å²) in [5, 5.41) is 9.62. The number of halogens is 2. The Bertz CT molecular complexity index is 942. The van der Waals surface area contributed by atoms with Crippen LogP contribution < -0.4 is 5.56 Å². The van der Waals surface area contributed by atoms with Gasteiger partial charge in [0.15, 0.2) is 0 Å². The summed E-state index contributed by atoms with van der Waals surface area (Å²) in [5.41, 5.74) is 0.829. The van der Waals surface area contributed by atoms with Crippen molar-refractivity contribution in [3.8, 4) is 11.3 Å². The minimum Gasteiger partial charge on any atom is -0.394 e. The molecule has 0 fully saturated rings. The molecule has 5 nitrogen and oxygen atoms in total. The average Bonchev–Trinajstić information content (AvgIpc) is 2.54. The SMILES string of the molecule is C[C@@H](CO)n1cnc2c(-c3cccc(F)c3)nc(Cl)cc2c1=O. The van der Waals surface area contributed by atoms with Crippen molar-refractivity contribution >= 4 is 22.5 Å². The molecule has 0 saturated heterocycles. The molecule has 0 unspecified atom stereocenters. The second-order valence-corrected chi connectivity index (χ2v) is 5.58. The molecule has 0 saturated carbocycles. The first-order chi connectivity index (χ1) is 11.0. The van der Waals surface area contributed by atoms with Crippen molar-refractivity contribution < 1.29 is 9.50 Å². The number of aliphatic hydroxyl groups excluding tert-OH is 1. The lowest BCUT2D eigenvalue weighted by Crippen LogP contribution is -2.25. The average molecular weight is 334 g/mol. The van der Waals surface area contributed by atoms with Gasteiger partial charge < -0.3 is 5.11 Å². The second kappa shape index (κ2) is 6.06. The molecule has 7 heteroatoms. The van der Waals surface area contributed by atoms with E-state index in [-0.39, 0.29) is 22.7 Å². The van der Waals surface area contributed by atoms with E-state index in [1.807, 2.05) is 0 Å². The summed E-state index contributed by atoms with van der Waals surface area (Å²) in [6, 6.07) is 6.86. The highest BCUT2D eigenvalue weighted by Gasteiger charge is 2.15. The maximum Gasteiger partial charge on any atom is 0.261 e. The van der Waals surface area contributed by atoms with E-state index in [9.17, 15) is 14.3 Å². The Balaban J connectivity index is 2.33. The summed E-state index contributed by atoms with van der Waals surface area (Å²) < 4.78 is 14.8. The molecule has 0 radical (unpaired) electrons. The number of nitrogens with zero attached hydrogens (tertiary/aromatic N) is 3. The molecule has 1 N–H and O–H groups in total. The zero-order valence-electron chi connectivity index (χ0n) is 12.2. The van der Waals surface area contributed by atoms with Gasteiger partial charge in [-0.3, -0.25) is 9.36 Å². The van der Waals surface area contributed by atoms with Crippen LogP contribution >= 0.6 is 11.6 Å². The lowest BCUT2D eigenvalue weighted by atomic mass is 10.1. The molecule has 3 aromatic rings. The van der Waals surface area contributed by atoms with Gasteiger partial charge in [-0.15, -0.1) is 0 Å². The summed E-state index contributed by atoms with van der Waals surface area (Å²) in [4.78, 5) is 21.0. The number of hydrogen-bond acceptors (Lipinski definition) is 4. The van der Waals surface area contributed by atoms with Crippen LogP contribution in [0.1, 0.15) is 13.0 Å². The monoisotopic (exact) mass is 333 g/mol. The second-order valence-electron chi connectivity index (χ2n) is 5.19. The molecule has 2 aromatic heterocycles. The Kier molecular flexibility index (Phi) is 4.11. The number of aromatic nitrogens is 3. The molecule has 0 spiro atoms. The Hall–Kier alpha value is -2.31. The van der Waals surface area contributed by atoms with Crippen LogP contribution in [-0.4, -0.2) is 26.2 Å². The Morgan fingerprint density at radius 2 is 2.17 bits per heavy atom. The van der Waals surface area contributed by atoms with Gasteiger partial charge in [-0.1, -0.05) is 23.7 Å². The highest BCUT2D eigenvalue weighted by molar-refractivity contribution is 6.30. The van der Waals surface area contributed by atoms with Crippen LogP contribution in [0.4, 0.5) is 4.39 Å². The first kappa shape index (κ1) is 15.6. The minimum absolute atomic E-state index is 0.116. The maximum absolute atomic E-state index is 13.5. The summed E-state index contributed by atoms with van der Waals surface area (Å²) in [7, 11) is 0. The molecule has 1 aromatic carbocycles. The number of rotatable bonds is 3. The van der Waals surface area contributed by atoms with Crippen molar-refractivity contribution in [2.45, 2.75) is 13.0 Å². The molecule has 118 valence electrons. The predicted octanol–water partition coefficient (Wildman–Crippen LogP) is 2.80. The van der Waals surface area contributed by atoms with Gasteiger partial charge in [-0.2, -0.15) is 0 Å². The lowest BCUT2D eigenvalue weighted by molar-refractivity contribution is 0.236. The third-order valence-electron chi connectivity index (χ3n) is 3.57. The van der Waals surface area contributed by atoms with Crippen molar-refractivity contribution in [3.05, 3.63) is 58.0 Å². The maximum atomic E-state index is 13.5. The van der Waals surface area contributed by atoms with Crippen LogP contribution in [0.2, 0.25) is 5.15 Å². The van der Waals surface area contributed by atoms with Crippen molar-refractivity contribution in [1.82, 2.24) is 14.5 Å². The van der Waals surface area contributed by atoms with Crippen LogP contribution in [0.3, 0.4) is 0 Å². The Morgan fingerprint density at radius 3 is 2.87 bits per heavy atom. The summed E-state index contributed by atoms with van der Waals surface area (Å²) >= 11 is 6.02. The first-order valence-corrected chi connectivity index (χ1v) is 7.33. The molecule has 0 aliphatic rings. The molecular weight excluding hydrogens is 321 g/mol. The van der Waals surface area contributed by atoms with Crippen LogP contribution in [0, 0.1) is 5.82 Å². The van der Waals surface area contributed by atoms with E-state index in [0.717, 1.165) is 0 Å². The molecule has 0 bridgehead atoms. The fourth-order valence-corrected chi connectivity index (χ4v) is 2.54. The first-order valence-electron chi connectivity index (χ1n) is 6.95. The normalized spacial score (nSPS) is 12.5. The molecule has 3 rings (SSSR count). The van der Waals surface area contributed by atoms with Crippen molar-refractivity contribution in [2.24, 2.45) is 0 Å². The van der Waals surface area contributed by atoms with Crippen LogP contribution in [0.5, 0.6) is 0 Å². The number of fused-ring (bicyclic) bond motifs is 1. The fourth-order valence-electron chi connectivity index (χ4n) is 2.35. The van der Waals surface area contributed by atoms with Crippen molar-refractivity contribution in [1.29, 1.82) is 0 Å². The fraction of sp³-hybridized carbons (Fsp3) is 0.188. The third kappa shape index (κ3) is 2.83. The standard InChI is InChI=1S/C16H13ClFN3O2/c1-9(7-22)21-8-19-15-12(16(21)23)6-13(17)20-14(15)10-3-2-4-11(18)5-10/h2-6,8-9,22H,7H2,1H3/t9-/m0/s1. The van der Waals surface area contributed by atoms with Gasteiger partial charge in [0, 0.05) is 5.56 Å². The van der Waals surface area contributed by atoms with Gasteiger partial charge in [-0.25, -0.2) is 14.4 Å². The van der Waals surface area contributed by atoms with Crippen molar-refractivity contribution in [3.63, 3.8) is 0 Å². The number of hydrogen-bond donors (Lipinski definition) is 1. The topological polar surface area (TPSA) is 68.0 Å². The highest BCUT2D eigenvalue weighted by Crippen LogP contribution is 2.26. The van der Waals surface area contributed by atoms with E-state index >= 15 is 0 Å². The predicted molar refractivity (Wildman–Crippen MR) is 86.0 cm³/mol. The largest absolute Gasteiger partial charge is 0.394 e. The number of pyridine rings is 1. The van der Waals surface area contributed by atoms with E-state index in [0.29, 0.717) is 16.8 Å². The smallest absolute Gasteiger partial charge is 0.261 e. The Labute approximate surface area is 136 Å². The quantitative estimate of drug-likeness (QED) is 0.748. The molecule has 2 heterocycles. The zero-order valence-corrected chi connectivity index (χ0v) is 13.0. The van der Waals surface area contributed by atoms with Crippen molar-refractivity contribution in [2.75, 3.05) is 6.61 Å². The molecular formula is C16H13ClFN3O2. The van der Waals surface area contributed by atoms with Crippen LogP contribution in [-0.2, 0) is 0 Å². The van der Waals surface area contributed by atoms with Gasteiger partial charge in [-0.05, 0) is 25.1 Å². The lowest BCUT2D eigenvalue weighted by Gasteiger charge is -2.13. The van der Waals surface area contributed by atoms with E-state index in [1.165, 1.54) is 29.1 Å². The summed E-state index contributed by atoms with van der Waals surface area (Å²) in [5.74, 6) is -0.417. The molecule has 23 heavy (non-hydrogen) atoms. The zero-order chi connectivity index (χ0) is 16.6. The molecule has 0 aliphatic carbocycles. The summed E-state index contributed by atoms with van der Waals surface area (Å²) in [6.45, 7) is 1.51. The van der Waals surface area contributed by atoms with E-state index in [4.69, 9.17) is 11.6 Å². The van der Waals surface area contributed by atoms with E-state index < -0.39 is 11.9 Å². The van der Waals surface area contributed by atoms with E-state index in [1.54, 1.807) is 19.1 Å². The molecule has 0 aliphatic heterocycles. The third-order valence-corrected chi connectivity index (χ3v) is 3.77. The van der Waals surface area contributed by atoms with E-state index in [2.05, 4.69) is 9.97 Å². The highest BCUT2D eigenvalue weighted by atomic mass is 35.5. The molecule has 1 atom stereocenters. The van der Waals surface area contributed by atoms with Crippen LogP contribution in [0.25, 0.3) is 22.2 Å². The number of benzene rings is 1. The van der Waals surface area contributed by atoms with Gasteiger partial charge >= 0.3 is 0 Å². The molecule has 0 amide bonds.